The first kappa shape index (κ1) is 19.3. The standard InChI is InChI=1S/C21H15ClN2O4S/c22-14-5-9-16(10-6-14)28-17-11-7-15(8-12-17)23-20(25)13-29-21(23)18-3-1-2-4-19(18)24(26)27/h1-12,21H,13H2. The number of nitro benzene ring substituents is 1. The Morgan fingerprint density at radius 1 is 1.00 bits per heavy atom. The van der Waals surface area contributed by atoms with Gasteiger partial charge in [-0.05, 0) is 54.6 Å². The molecule has 1 saturated heterocycles. The fraction of sp³-hybridized carbons (Fsp3) is 0.0952. The lowest BCUT2D eigenvalue weighted by Crippen LogP contribution is -2.28. The molecule has 1 heterocycles. The minimum Gasteiger partial charge on any atom is -0.457 e. The summed E-state index contributed by atoms with van der Waals surface area (Å²) in [7, 11) is 0. The number of amides is 1. The fourth-order valence-corrected chi connectivity index (χ4v) is 4.44. The van der Waals surface area contributed by atoms with E-state index in [1.165, 1.54) is 17.8 Å². The number of anilines is 1. The summed E-state index contributed by atoms with van der Waals surface area (Å²) in [6.07, 6.45) is 0. The minimum absolute atomic E-state index is 0.00684. The largest absolute Gasteiger partial charge is 0.457 e. The lowest BCUT2D eigenvalue weighted by molar-refractivity contribution is -0.385. The second-order valence-corrected chi connectivity index (χ2v) is 7.80. The van der Waals surface area contributed by atoms with E-state index in [4.69, 9.17) is 16.3 Å². The smallest absolute Gasteiger partial charge is 0.275 e. The van der Waals surface area contributed by atoms with Crippen LogP contribution in [0.2, 0.25) is 5.02 Å². The Morgan fingerprint density at radius 2 is 1.62 bits per heavy atom. The van der Waals surface area contributed by atoms with Crippen molar-refractivity contribution in [1.82, 2.24) is 0 Å². The van der Waals surface area contributed by atoms with Crippen LogP contribution in [0.5, 0.6) is 11.5 Å². The van der Waals surface area contributed by atoms with Crippen molar-refractivity contribution in [3.63, 3.8) is 0 Å². The SMILES string of the molecule is O=C1CSC(c2ccccc2[N+](=O)[O-])N1c1ccc(Oc2ccc(Cl)cc2)cc1. The van der Waals surface area contributed by atoms with Crippen LogP contribution in [0.15, 0.2) is 72.8 Å². The van der Waals surface area contributed by atoms with Crippen molar-refractivity contribution in [1.29, 1.82) is 0 Å². The van der Waals surface area contributed by atoms with Gasteiger partial charge >= 0.3 is 0 Å². The Morgan fingerprint density at radius 3 is 2.28 bits per heavy atom. The summed E-state index contributed by atoms with van der Waals surface area (Å²) in [6, 6.07) is 20.6. The molecule has 6 nitrogen and oxygen atoms in total. The van der Waals surface area contributed by atoms with E-state index in [0.717, 1.165) is 0 Å². The van der Waals surface area contributed by atoms with Gasteiger partial charge in [0.25, 0.3) is 5.69 Å². The van der Waals surface area contributed by atoms with Gasteiger partial charge in [-0.2, -0.15) is 0 Å². The molecule has 0 radical (unpaired) electrons. The molecule has 1 unspecified atom stereocenters. The van der Waals surface area contributed by atoms with E-state index in [9.17, 15) is 14.9 Å². The van der Waals surface area contributed by atoms with E-state index < -0.39 is 10.3 Å². The maximum atomic E-state index is 12.5. The molecule has 1 aliphatic heterocycles. The van der Waals surface area contributed by atoms with Crippen LogP contribution in [0.25, 0.3) is 0 Å². The molecule has 8 heteroatoms. The molecule has 146 valence electrons. The fourth-order valence-electron chi connectivity index (χ4n) is 3.11. The molecule has 0 bridgehead atoms. The van der Waals surface area contributed by atoms with E-state index in [1.54, 1.807) is 71.6 Å². The lowest BCUT2D eigenvalue weighted by Gasteiger charge is -2.24. The molecule has 1 atom stereocenters. The number of nitrogens with zero attached hydrogens (tertiary/aromatic N) is 2. The van der Waals surface area contributed by atoms with Gasteiger partial charge in [0.15, 0.2) is 0 Å². The molecule has 0 aliphatic carbocycles. The Labute approximate surface area is 176 Å². The maximum Gasteiger partial charge on any atom is 0.275 e. The van der Waals surface area contributed by atoms with Gasteiger partial charge in [-0.3, -0.25) is 19.8 Å². The highest BCUT2D eigenvalue weighted by Gasteiger charge is 2.37. The predicted molar refractivity (Wildman–Crippen MR) is 114 cm³/mol. The first-order chi connectivity index (χ1) is 14.0. The monoisotopic (exact) mass is 426 g/mol. The highest BCUT2D eigenvalue weighted by atomic mass is 35.5. The highest BCUT2D eigenvalue weighted by molar-refractivity contribution is 8.00. The first-order valence-corrected chi connectivity index (χ1v) is 10.2. The lowest BCUT2D eigenvalue weighted by atomic mass is 10.1. The molecule has 0 N–H and O–H groups in total. The molecule has 4 rings (SSSR count). The summed E-state index contributed by atoms with van der Waals surface area (Å²) < 4.78 is 5.78. The van der Waals surface area contributed by atoms with Crippen LogP contribution >= 0.6 is 23.4 Å². The Balaban J connectivity index is 1.60. The van der Waals surface area contributed by atoms with Crippen LogP contribution in [-0.2, 0) is 4.79 Å². The summed E-state index contributed by atoms with van der Waals surface area (Å²) in [4.78, 5) is 25.1. The molecule has 0 aromatic heterocycles. The van der Waals surface area contributed by atoms with Crippen LogP contribution < -0.4 is 9.64 Å². The Hall–Kier alpha value is -3.03. The normalized spacial score (nSPS) is 16.1. The van der Waals surface area contributed by atoms with E-state index in [2.05, 4.69) is 0 Å². The number of rotatable bonds is 5. The van der Waals surface area contributed by atoms with Crippen LogP contribution in [0, 0.1) is 10.1 Å². The van der Waals surface area contributed by atoms with Crippen molar-refractivity contribution >= 4 is 40.6 Å². The number of nitro groups is 1. The van der Waals surface area contributed by atoms with Gasteiger partial charge in [0.2, 0.25) is 5.91 Å². The second kappa shape index (κ2) is 8.14. The molecule has 29 heavy (non-hydrogen) atoms. The zero-order valence-corrected chi connectivity index (χ0v) is 16.6. The molecule has 3 aromatic rings. The minimum atomic E-state index is -0.452. The third-order valence-corrected chi connectivity index (χ3v) is 5.88. The van der Waals surface area contributed by atoms with Crippen molar-refractivity contribution in [2.45, 2.75) is 5.37 Å². The van der Waals surface area contributed by atoms with Gasteiger partial charge < -0.3 is 4.74 Å². The van der Waals surface area contributed by atoms with Gasteiger partial charge in [-0.1, -0.05) is 23.7 Å². The predicted octanol–water partition coefficient (Wildman–Crippen LogP) is 5.82. The number of carbonyl (C=O) groups is 1. The number of hydrogen-bond acceptors (Lipinski definition) is 5. The van der Waals surface area contributed by atoms with Gasteiger partial charge in [-0.25, -0.2) is 0 Å². The molecule has 1 fully saturated rings. The molecular formula is C21H15ClN2O4S. The topological polar surface area (TPSA) is 72.7 Å². The molecule has 0 saturated carbocycles. The van der Waals surface area contributed by atoms with Crippen molar-refractivity contribution in [3.8, 4) is 11.5 Å². The van der Waals surface area contributed by atoms with Crippen LogP contribution in [0.4, 0.5) is 11.4 Å². The summed E-state index contributed by atoms with van der Waals surface area (Å²) in [5.74, 6) is 1.43. The van der Waals surface area contributed by atoms with Crippen molar-refractivity contribution in [3.05, 3.63) is 93.5 Å². The number of ether oxygens (including phenoxy) is 1. The number of carbonyl (C=O) groups excluding carboxylic acids is 1. The van der Waals surface area contributed by atoms with Crippen molar-refractivity contribution < 1.29 is 14.5 Å². The quantitative estimate of drug-likeness (QED) is 0.379. The van der Waals surface area contributed by atoms with E-state index in [0.29, 0.717) is 27.8 Å². The van der Waals surface area contributed by atoms with Crippen LogP contribution in [-0.4, -0.2) is 16.6 Å². The highest BCUT2D eigenvalue weighted by Crippen LogP contribution is 2.44. The van der Waals surface area contributed by atoms with Gasteiger partial charge in [-0.15, -0.1) is 11.8 Å². The van der Waals surface area contributed by atoms with Crippen LogP contribution in [0.1, 0.15) is 10.9 Å². The van der Waals surface area contributed by atoms with E-state index >= 15 is 0 Å². The first-order valence-electron chi connectivity index (χ1n) is 8.73. The molecule has 1 aliphatic rings. The molecule has 1 amide bonds. The number of halogens is 1. The van der Waals surface area contributed by atoms with Crippen molar-refractivity contribution in [2.24, 2.45) is 0 Å². The zero-order valence-electron chi connectivity index (χ0n) is 15.0. The van der Waals surface area contributed by atoms with E-state index in [-0.39, 0.29) is 17.3 Å². The van der Waals surface area contributed by atoms with Gasteiger partial charge in [0.05, 0.1) is 16.2 Å². The van der Waals surface area contributed by atoms with Crippen LogP contribution in [0.3, 0.4) is 0 Å². The number of thioether (sulfide) groups is 1. The molecule has 0 spiro atoms. The number of para-hydroxylation sites is 1. The summed E-state index contributed by atoms with van der Waals surface area (Å²) >= 11 is 7.25. The average molecular weight is 427 g/mol. The van der Waals surface area contributed by atoms with Gasteiger partial charge in [0.1, 0.15) is 16.9 Å². The zero-order chi connectivity index (χ0) is 20.4. The van der Waals surface area contributed by atoms with Gasteiger partial charge in [0, 0.05) is 16.8 Å². The Bertz CT molecular complexity index is 1060. The summed E-state index contributed by atoms with van der Waals surface area (Å²) in [5.41, 5.74) is 1.17. The Kier molecular flexibility index (Phi) is 5.42. The molecular weight excluding hydrogens is 412 g/mol. The number of hydrogen-bond donors (Lipinski definition) is 0. The second-order valence-electron chi connectivity index (χ2n) is 6.29. The average Bonchev–Trinajstić information content (AvgIpc) is 3.11. The molecule has 3 aromatic carbocycles. The third kappa shape index (κ3) is 4.06. The maximum absolute atomic E-state index is 12.5. The third-order valence-electron chi connectivity index (χ3n) is 4.43. The summed E-state index contributed by atoms with van der Waals surface area (Å²) in [5, 5.41) is 11.6. The summed E-state index contributed by atoms with van der Waals surface area (Å²) in [6.45, 7) is 0. The van der Waals surface area contributed by atoms with E-state index in [1.807, 2.05) is 0 Å². The number of benzene rings is 3. The van der Waals surface area contributed by atoms with Crippen molar-refractivity contribution in [2.75, 3.05) is 10.7 Å².